The van der Waals surface area contributed by atoms with Crippen LogP contribution < -0.4 is 11.1 Å². The van der Waals surface area contributed by atoms with Crippen molar-refractivity contribution in [2.75, 3.05) is 13.1 Å². The Labute approximate surface area is 131 Å². The summed E-state index contributed by atoms with van der Waals surface area (Å²) in [4.78, 5) is 25.7. The molecule has 0 aliphatic carbocycles. The van der Waals surface area contributed by atoms with E-state index < -0.39 is 0 Å². The third-order valence-electron chi connectivity index (χ3n) is 3.54. The van der Waals surface area contributed by atoms with Crippen LogP contribution in [0.25, 0.3) is 0 Å². The van der Waals surface area contributed by atoms with Gasteiger partial charge in [-0.1, -0.05) is 30.3 Å². The first-order chi connectivity index (χ1) is 9.60. The van der Waals surface area contributed by atoms with E-state index in [1.54, 1.807) is 4.90 Å². The van der Waals surface area contributed by atoms with Crippen molar-refractivity contribution < 1.29 is 9.59 Å². The minimum atomic E-state index is -0.264. The van der Waals surface area contributed by atoms with Crippen LogP contribution in [0.1, 0.15) is 18.9 Å². The molecule has 21 heavy (non-hydrogen) atoms. The predicted octanol–water partition coefficient (Wildman–Crippen LogP) is 0.920. The van der Waals surface area contributed by atoms with Gasteiger partial charge >= 0.3 is 0 Å². The van der Waals surface area contributed by atoms with E-state index in [1.165, 1.54) is 0 Å². The molecule has 0 spiro atoms. The summed E-state index contributed by atoms with van der Waals surface area (Å²) in [6.45, 7) is 3.31. The van der Waals surface area contributed by atoms with Gasteiger partial charge in [0.05, 0.1) is 5.92 Å². The number of hydrogen-bond donors (Lipinski definition) is 2. The Morgan fingerprint density at radius 1 is 1.43 bits per heavy atom. The van der Waals surface area contributed by atoms with E-state index in [9.17, 15) is 9.59 Å². The quantitative estimate of drug-likeness (QED) is 0.849. The first-order valence-corrected chi connectivity index (χ1v) is 6.92. The Morgan fingerprint density at radius 3 is 2.71 bits per heavy atom. The SMILES string of the molecule is C[C@@H](CN)NC(=O)C1CC(=O)N(Cc2ccccc2)C1.Cl. The number of nitrogens with two attached hydrogens (primary N) is 1. The minimum absolute atomic E-state index is 0. The van der Waals surface area contributed by atoms with Crippen molar-refractivity contribution >= 4 is 24.2 Å². The molecule has 1 heterocycles. The number of rotatable bonds is 5. The van der Waals surface area contributed by atoms with Crippen molar-refractivity contribution in [3.8, 4) is 0 Å². The highest BCUT2D eigenvalue weighted by Gasteiger charge is 2.34. The van der Waals surface area contributed by atoms with Crippen LogP contribution in [0.5, 0.6) is 0 Å². The lowest BCUT2D eigenvalue weighted by Crippen LogP contribution is -2.41. The van der Waals surface area contributed by atoms with Crippen molar-refractivity contribution in [3.05, 3.63) is 35.9 Å². The lowest BCUT2D eigenvalue weighted by atomic mass is 10.1. The van der Waals surface area contributed by atoms with Crippen LogP contribution in [-0.4, -0.2) is 35.8 Å². The van der Waals surface area contributed by atoms with E-state index in [2.05, 4.69) is 5.32 Å². The van der Waals surface area contributed by atoms with Crippen LogP contribution in [0.4, 0.5) is 0 Å². The van der Waals surface area contributed by atoms with Crippen LogP contribution in [0.3, 0.4) is 0 Å². The molecule has 3 N–H and O–H groups in total. The zero-order chi connectivity index (χ0) is 14.5. The number of carbonyl (C=O) groups excluding carboxylic acids is 2. The molecule has 1 fully saturated rings. The summed E-state index contributed by atoms with van der Waals surface area (Å²) in [5, 5.41) is 2.83. The van der Waals surface area contributed by atoms with Crippen LogP contribution in [0.15, 0.2) is 30.3 Å². The average Bonchev–Trinajstić information content (AvgIpc) is 2.81. The van der Waals surface area contributed by atoms with Gasteiger partial charge in [0.25, 0.3) is 0 Å². The smallest absolute Gasteiger partial charge is 0.225 e. The second-order valence-electron chi connectivity index (χ2n) is 5.31. The van der Waals surface area contributed by atoms with Crippen LogP contribution in [0, 0.1) is 5.92 Å². The zero-order valence-electron chi connectivity index (χ0n) is 12.1. The van der Waals surface area contributed by atoms with Gasteiger partial charge in [-0.05, 0) is 12.5 Å². The molecule has 5 nitrogen and oxygen atoms in total. The zero-order valence-corrected chi connectivity index (χ0v) is 12.9. The summed E-state index contributed by atoms with van der Waals surface area (Å²) in [6.07, 6.45) is 0.288. The molecular formula is C15H22ClN3O2. The fourth-order valence-corrected chi connectivity index (χ4v) is 2.32. The molecule has 1 aliphatic rings. The Bertz CT molecular complexity index is 481. The fraction of sp³-hybridized carbons (Fsp3) is 0.467. The van der Waals surface area contributed by atoms with Gasteiger partial charge in [-0.15, -0.1) is 12.4 Å². The first kappa shape index (κ1) is 17.5. The van der Waals surface area contributed by atoms with Crippen molar-refractivity contribution in [2.24, 2.45) is 11.7 Å². The Hall–Kier alpha value is -1.59. The number of likely N-dealkylation sites (tertiary alicyclic amines) is 1. The largest absolute Gasteiger partial charge is 0.352 e. The summed E-state index contributed by atoms with van der Waals surface area (Å²) in [7, 11) is 0. The van der Waals surface area contributed by atoms with E-state index in [4.69, 9.17) is 5.73 Å². The highest BCUT2D eigenvalue weighted by atomic mass is 35.5. The van der Waals surface area contributed by atoms with Gasteiger partial charge in [0, 0.05) is 32.1 Å². The second kappa shape index (κ2) is 8.00. The van der Waals surface area contributed by atoms with Crippen LogP contribution in [0.2, 0.25) is 0 Å². The number of amides is 2. The normalized spacial score (nSPS) is 19.0. The maximum Gasteiger partial charge on any atom is 0.225 e. The maximum atomic E-state index is 12.0. The molecule has 1 unspecified atom stereocenters. The molecule has 1 saturated heterocycles. The standard InChI is InChI=1S/C15H21N3O2.ClH/c1-11(8-16)17-15(20)13-7-14(19)18(10-13)9-12-5-3-2-4-6-12;/h2-6,11,13H,7-10,16H2,1H3,(H,17,20);1H/t11-,13?;/m0./s1. The van der Waals surface area contributed by atoms with Gasteiger partial charge in [-0.2, -0.15) is 0 Å². The summed E-state index contributed by atoms with van der Waals surface area (Å²) in [5.41, 5.74) is 6.56. The predicted molar refractivity (Wildman–Crippen MR) is 83.9 cm³/mol. The van der Waals surface area contributed by atoms with Crippen molar-refractivity contribution in [2.45, 2.75) is 25.9 Å². The number of benzene rings is 1. The van der Waals surface area contributed by atoms with Gasteiger partial charge in [0.2, 0.25) is 11.8 Å². The van der Waals surface area contributed by atoms with E-state index in [0.717, 1.165) is 5.56 Å². The molecule has 6 heteroatoms. The third kappa shape index (κ3) is 4.72. The number of nitrogens with zero attached hydrogens (tertiary/aromatic N) is 1. The van der Waals surface area contributed by atoms with E-state index >= 15 is 0 Å². The molecule has 116 valence electrons. The monoisotopic (exact) mass is 311 g/mol. The number of hydrogen-bond acceptors (Lipinski definition) is 3. The molecular weight excluding hydrogens is 290 g/mol. The molecule has 0 bridgehead atoms. The van der Waals surface area contributed by atoms with Crippen molar-refractivity contribution in [1.29, 1.82) is 0 Å². The average molecular weight is 312 g/mol. The van der Waals surface area contributed by atoms with E-state index in [0.29, 0.717) is 19.6 Å². The van der Waals surface area contributed by atoms with Crippen LogP contribution >= 0.6 is 12.4 Å². The van der Waals surface area contributed by atoms with Gasteiger partial charge in [0.15, 0.2) is 0 Å². The molecule has 1 aliphatic heterocycles. The van der Waals surface area contributed by atoms with Crippen molar-refractivity contribution in [3.63, 3.8) is 0 Å². The van der Waals surface area contributed by atoms with Gasteiger partial charge in [-0.25, -0.2) is 0 Å². The number of nitrogens with one attached hydrogen (secondary N) is 1. The Morgan fingerprint density at radius 2 is 2.10 bits per heavy atom. The molecule has 2 amide bonds. The number of halogens is 1. The topological polar surface area (TPSA) is 75.4 Å². The van der Waals surface area contributed by atoms with Gasteiger partial charge in [0.1, 0.15) is 0 Å². The fourth-order valence-electron chi connectivity index (χ4n) is 2.32. The maximum absolute atomic E-state index is 12.0. The summed E-state index contributed by atoms with van der Waals surface area (Å²) in [5.74, 6) is -0.304. The summed E-state index contributed by atoms with van der Waals surface area (Å²) < 4.78 is 0. The highest BCUT2D eigenvalue weighted by molar-refractivity contribution is 5.89. The lowest BCUT2D eigenvalue weighted by Gasteiger charge is -2.18. The van der Waals surface area contributed by atoms with Crippen molar-refractivity contribution in [1.82, 2.24) is 10.2 Å². The summed E-state index contributed by atoms with van der Waals surface area (Å²) >= 11 is 0. The minimum Gasteiger partial charge on any atom is -0.352 e. The number of carbonyl (C=O) groups is 2. The third-order valence-corrected chi connectivity index (χ3v) is 3.54. The van der Waals surface area contributed by atoms with Gasteiger partial charge in [-0.3, -0.25) is 9.59 Å². The molecule has 2 rings (SSSR count). The lowest BCUT2D eigenvalue weighted by molar-refractivity contribution is -0.129. The summed E-state index contributed by atoms with van der Waals surface area (Å²) in [6, 6.07) is 9.75. The van der Waals surface area contributed by atoms with E-state index in [-0.39, 0.29) is 42.6 Å². The molecule has 1 aromatic rings. The molecule has 0 radical (unpaired) electrons. The molecule has 0 saturated carbocycles. The Kier molecular flexibility index (Phi) is 6.65. The molecule has 2 atom stereocenters. The van der Waals surface area contributed by atoms with Crippen LogP contribution in [-0.2, 0) is 16.1 Å². The highest BCUT2D eigenvalue weighted by Crippen LogP contribution is 2.20. The Balaban J connectivity index is 0.00000220. The van der Waals surface area contributed by atoms with E-state index in [1.807, 2.05) is 37.3 Å². The molecule has 0 aromatic heterocycles. The first-order valence-electron chi connectivity index (χ1n) is 6.92. The molecule has 1 aromatic carbocycles. The second-order valence-corrected chi connectivity index (χ2v) is 5.31. The van der Waals surface area contributed by atoms with Gasteiger partial charge < -0.3 is 16.0 Å².